The molecule has 0 saturated carbocycles. The van der Waals surface area contributed by atoms with Crippen molar-refractivity contribution in [1.82, 2.24) is 0 Å². The summed E-state index contributed by atoms with van der Waals surface area (Å²) >= 11 is 0. The molecule has 0 radical (unpaired) electrons. The summed E-state index contributed by atoms with van der Waals surface area (Å²) in [5, 5.41) is 8.46. The van der Waals surface area contributed by atoms with Crippen LogP contribution >= 0.6 is 10.8 Å². The summed E-state index contributed by atoms with van der Waals surface area (Å²) in [6, 6.07) is 0. The number of rotatable bonds is 11. The number of aliphatic hydroxyl groups excluding tert-OH is 1. The molecule has 0 bridgehead atoms. The van der Waals surface area contributed by atoms with Gasteiger partial charge >= 0.3 is 9.15 Å². The van der Waals surface area contributed by atoms with Gasteiger partial charge in [-0.05, 0) is 30.1 Å². The molecule has 0 aliphatic heterocycles. The maximum absolute atomic E-state index is 11.2. The topological polar surface area (TPSA) is 72.8 Å². The summed E-state index contributed by atoms with van der Waals surface area (Å²) < 4.78 is 32.3. The van der Waals surface area contributed by atoms with Gasteiger partial charge in [-0.15, -0.1) is 0 Å². The van der Waals surface area contributed by atoms with Crippen molar-refractivity contribution in [2.75, 3.05) is 32.2 Å². The van der Waals surface area contributed by atoms with Crippen LogP contribution in [0.2, 0.25) is 0 Å². The Labute approximate surface area is 101 Å². The van der Waals surface area contributed by atoms with Crippen LogP contribution < -0.4 is 0 Å². The zero-order valence-corrected chi connectivity index (χ0v) is 11.2. The number of aliphatic hydroxyl groups is 1. The lowest BCUT2D eigenvalue weighted by molar-refractivity contribution is 0.136. The molecule has 0 spiro atoms. The average Bonchev–Trinajstić information content (AvgIpc) is 2.23. The molecule has 0 aromatic heterocycles. The van der Waals surface area contributed by atoms with E-state index in [-0.39, 0.29) is 13.2 Å². The second kappa shape index (κ2) is 10.3. The van der Waals surface area contributed by atoms with Crippen molar-refractivity contribution in [3.63, 3.8) is 0 Å². The fourth-order valence-electron chi connectivity index (χ4n) is 0.828. The lowest BCUT2D eigenvalue weighted by Gasteiger charge is -2.04. The Kier molecular flexibility index (Phi) is 10.5. The van der Waals surface area contributed by atoms with E-state index in [9.17, 15) is 8.42 Å². The van der Waals surface area contributed by atoms with E-state index in [0.29, 0.717) is 31.8 Å². The zero-order chi connectivity index (χ0) is 12.3. The molecule has 0 atom stereocenters. The van der Waals surface area contributed by atoms with Gasteiger partial charge in [-0.1, -0.05) is 6.92 Å². The molecular formula is C9H20O5S2. The molecule has 1 N–H and O–H groups in total. The summed E-state index contributed by atoms with van der Waals surface area (Å²) in [7, 11) is -2.72. The van der Waals surface area contributed by atoms with E-state index in [1.165, 1.54) is 0 Å². The molecule has 16 heavy (non-hydrogen) atoms. The van der Waals surface area contributed by atoms with Crippen LogP contribution in [0.3, 0.4) is 0 Å². The predicted octanol–water partition coefficient (Wildman–Crippen LogP) is 1.18. The summed E-state index contributed by atoms with van der Waals surface area (Å²) in [5.74, 6) is 0.463. The zero-order valence-electron chi connectivity index (χ0n) is 9.55. The summed E-state index contributed by atoms with van der Waals surface area (Å²) in [6.07, 6.45) is 1.99. The van der Waals surface area contributed by atoms with Crippen LogP contribution in [-0.4, -0.2) is 45.7 Å². The lowest BCUT2D eigenvalue weighted by Crippen LogP contribution is -2.05. The van der Waals surface area contributed by atoms with Gasteiger partial charge in [-0.3, -0.25) is 4.18 Å². The highest BCUT2D eigenvalue weighted by molar-refractivity contribution is 8.70. The van der Waals surface area contributed by atoms with E-state index in [1.54, 1.807) is 0 Å². The van der Waals surface area contributed by atoms with Crippen LogP contribution in [0.15, 0.2) is 0 Å². The highest BCUT2D eigenvalue weighted by Crippen LogP contribution is 2.15. The van der Waals surface area contributed by atoms with Gasteiger partial charge in [-0.2, -0.15) is 8.42 Å². The first-order chi connectivity index (χ1) is 7.62. The first-order valence-electron chi connectivity index (χ1n) is 5.34. The molecule has 0 aromatic rings. The van der Waals surface area contributed by atoms with Crippen LogP contribution in [0.4, 0.5) is 0 Å². The molecule has 0 unspecified atom stereocenters. The summed E-state index contributed by atoms with van der Waals surface area (Å²) in [4.78, 5) is 0. The van der Waals surface area contributed by atoms with Crippen LogP contribution in [0.1, 0.15) is 26.2 Å². The van der Waals surface area contributed by atoms with Crippen molar-refractivity contribution < 1.29 is 22.4 Å². The van der Waals surface area contributed by atoms with Crippen LogP contribution in [-0.2, 0) is 18.1 Å². The predicted molar refractivity (Wildman–Crippen MR) is 64.8 cm³/mol. The molecule has 98 valence electrons. The minimum atomic E-state index is -3.50. The number of ether oxygens (including phenoxy) is 1. The highest BCUT2D eigenvalue weighted by Gasteiger charge is 2.10. The molecule has 0 fully saturated rings. The largest absolute Gasteiger partial charge is 0.396 e. The second-order valence-corrected chi connectivity index (χ2v) is 6.72. The standard InChI is InChI=1S/C9H20O5S2/c1-2-6-13-7-4-9-15-16(11,12)14-8-3-5-10/h10H,2-9H2,1H3. The third kappa shape index (κ3) is 10.7. The Balaban J connectivity index is 3.43. The SMILES string of the molecule is CCCOCCCSS(=O)(=O)OCCCO. The van der Waals surface area contributed by atoms with Gasteiger partial charge in [0.1, 0.15) is 0 Å². The molecule has 0 rings (SSSR count). The van der Waals surface area contributed by atoms with Gasteiger partial charge in [0.05, 0.1) is 6.61 Å². The van der Waals surface area contributed by atoms with Crippen molar-refractivity contribution in [2.24, 2.45) is 0 Å². The molecule has 5 nitrogen and oxygen atoms in total. The molecule has 0 aliphatic carbocycles. The molecule has 0 heterocycles. The Hall–Kier alpha value is 0.180. The monoisotopic (exact) mass is 272 g/mol. The van der Waals surface area contributed by atoms with Crippen LogP contribution in [0, 0.1) is 0 Å². The fourth-order valence-corrected chi connectivity index (χ4v) is 3.03. The van der Waals surface area contributed by atoms with Crippen molar-refractivity contribution >= 4 is 19.9 Å². The van der Waals surface area contributed by atoms with Gasteiger partial charge < -0.3 is 9.84 Å². The number of hydrogen-bond donors (Lipinski definition) is 1. The molecule has 0 saturated heterocycles. The van der Waals surface area contributed by atoms with Crippen LogP contribution in [0.5, 0.6) is 0 Å². The first-order valence-corrected chi connectivity index (χ1v) is 8.26. The van der Waals surface area contributed by atoms with E-state index >= 15 is 0 Å². The molecular weight excluding hydrogens is 252 g/mol. The van der Waals surface area contributed by atoms with E-state index in [2.05, 4.69) is 4.18 Å². The van der Waals surface area contributed by atoms with Crippen LogP contribution in [0.25, 0.3) is 0 Å². The smallest absolute Gasteiger partial charge is 0.322 e. The maximum Gasteiger partial charge on any atom is 0.322 e. The van der Waals surface area contributed by atoms with Gasteiger partial charge in [-0.25, -0.2) is 0 Å². The summed E-state index contributed by atoms with van der Waals surface area (Å²) in [5.41, 5.74) is 0. The highest BCUT2D eigenvalue weighted by atomic mass is 33.1. The molecule has 7 heteroatoms. The quantitative estimate of drug-likeness (QED) is 0.450. The first kappa shape index (κ1) is 16.2. The third-order valence-corrected chi connectivity index (χ3v) is 4.39. The second-order valence-electron chi connectivity index (χ2n) is 3.10. The van der Waals surface area contributed by atoms with Gasteiger partial charge in [0, 0.05) is 25.6 Å². The van der Waals surface area contributed by atoms with E-state index in [0.717, 1.165) is 17.2 Å². The molecule has 0 aliphatic rings. The lowest BCUT2D eigenvalue weighted by atomic mass is 10.5. The Morgan fingerprint density at radius 1 is 1.19 bits per heavy atom. The van der Waals surface area contributed by atoms with Crippen molar-refractivity contribution in [3.05, 3.63) is 0 Å². The normalized spacial score (nSPS) is 11.9. The summed E-state index contributed by atoms with van der Waals surface area (Å²) in [6.45, 7) is 3.29. The molecule has 0 amide bonds. The maximum atomic E-state index is 11.2. The van der Waals surface area contributed by atoms with Gasteiger partial charge in [0.15, 0.2) is 0 Å². The average molecular weight is 272 g/mol. The number of hydrogen-bond acceptors (Lipinski definition) is 6. The Morgan fingerprint density at radius 2 is 1.94 bits per heavy atom. The molecule has 0 aromatic carbocycles. The van der Waals surface area contributed by atoms with Crippen molar-refractivity contribution in [1.29, 1.82) is 0 Å². The fraction of sp³-hybridized carbons (Fsp3) is 1.00. The minimum absolute atomic E-state index is 0.0398. The van der Waals surface area contributed by atoms with E-state index in [1.807, 2.05) is 6.92 Å². The van der Waals surface area contributed by atoms with Crippen molar-refractivity contribution in [3.8, 4) is 0 Å². The Bertz CT molecular complexity index is 240. The van der Waals surface area contributed by atoms with E-state index in [4.69, 9.17) is 9.84 Å². The van der Waals surface area contributed by atoms with Gasteiger partial charge in [0.2, 0.25) is 0 Å². The van der Waals surface area contributed by atoms with Crippen molar-refractivity contribution in [2.45, 2.75) is 26.2 Å². The minimum Gasteiger partial charge on any atom is -0.396 e. The Morgan fingerprint density at radius 3 is 2.56 bits per heavy atom. The van der Waals surface area contributed by atoms with E-state index < -0.39 is 9.15 Å². The van der Waals surface area contributed by atoms with Gasteiger partial charge in [0.25, 0.3) is 0 Å². The third-order valence-electron chi connectivity index (χ3n) is 1.54.